The largest absolute Gasteiger partial charge is 0.378 e. The molecule has 0 unspecified atom stereocenters. The van der Waals surface area contributed by atoms with Crippen molar-refractivity contribution in [3.8, 4) is 0 Å². The predicted molar refractivity (Wildman–Crippen MR) is 133 cm³/mol. The number of carbonyl (C=O) groups is 1. The first-order valence-electron chi connectivity index (χ1n) is 10.2. The Morgan fingerprint density at radius 3 is 1.35 bits per heavy atom. The van der Waals surface area contributed by atoms with Gasteiger partial charge in [0.15, 0.2) is 0 Å². The van der Waals surface area contributed by atoms with Gasteiger partial charge in [-0.25, -0.2) is 4.74 Å². The number of rotatable bonds is 5. The maximum absolute atomic E-state index is 13.5. The minimum atomic E-state index is -2.54. The number of benzene rings is 4. The Labute approximate surface area is 184 Å². The normalized spacial score (nSPS) is 11.0. The van der Waals surface area contributed by atoms with Crippen LogP contribution in [0.2, 0.25) is 0 Å². The zero-order chi connectivity index (χ0) is 21.7. The molecule has 154 valence electrons. The third-order valence-corrected chi connectivity index (χ3v) is 8.88. The maximum atomic E-state index is 13.5. The van der Waals surface area contributed by atoms with Gasteiger partial charge in [0.05, 0.1) is 7.05 Å². The van der Waals surface area contributed by atoms with E-state index in [1.54, 1.807) is 0 Å². The molecule has 4 rings (SSSR count). The zero-order valence-corrected chi connectivity index (χ0v) is 18.6. The van der Waals surface area contributed by atoms with E-state index in [2.05, 4.69) is 36.4 Å². The molecule has 31 heavy (non-hydrogen) atoms. The summed E-state index contributed by atoms with van der Waals surface area (Å²) in [7, 11) is 1.43. The minimum absolute atomic E-state index is 0.199. The number of amides is 1. The van der Waals surface area contributed by atoms with E-state index in [9.17, 15) is 4.79 Å². The molecule has 0 saturated carbocycles. The summed E-state index contributed by atoms with van der Waals surface area (Å²) in [5, 5.41) is 3.18. The standard InChI is InChI=1S/C27H25N2OP/c1-29(2)23-20-18-22(19-21-23)27(30)28-31(24-12-6-3-7-13-24,25-14-8-4-9-15-25)26-16-10-5-11-17-26/h3-21H,1-2H3. The molecule has 0 aliphatic rings. The maximum Gasteiger partial charge on any atom is 0.276 e. The van der Waals surface area contributed by atoms with Crippen LogP contribution in [0.1, 0.15) is 10.4 Å². The summed E-state index contributed by atoms with van der Waals surface area (Å²) in [4.78, 5) is 15.5. The van der Waals surface area contributed by atoms with Crippen molar-refractivity contribution >= 4 is 34.6 Å². The Balaban J connectivity index is 1.99. The Morgan fingerprint density at radius 2 is 1.00 bits per heavy atom. The molecule has 0 aromatic heterocycles. The molecule has 0 aliphatic heterocycles. The highest BCUT2D eigenvalue weighted by atomic mass is 31.2. The van der Waals surface area contributed by atoms with Crippen LogP contribution < -0.4 is 20.8 Å². The number of anilines is 1. The first-order valence-corrected chi connectivity index (χ1v) is 12.0. The van der Waals surface area contributed by atoms with E-state index in [4.69, 9.17) is 4.74 Å². The average molecular weight is 424 g/mol. The van der Waals surface area contributed by atoms with Crippen LogP contribution in [0.5, 0.6) is 0 Å². The molecule has 4 aromatic rings. The van der Waals surface area contributed by atoms with Gasteiger partial charge in [0.2, 0.25) is 0 Å². The molecular weight excluding hydrogens is 399 g/mol. The number of hydrogen-bond acceptors (Lipinski definition) is 2. The summed E-state index contributed by atoms with van der Waals surface area (Å²) in [6.45, 7) is 0. The predicted octanol–water partition coefficient (Wildman–Crippen LogP) is 5.07. The molecule has 4 aromatic carbocycles. The minimum Gasteiger partial charge on any atom is -0.378 e. The summed E-state index contributed by atoms with van der Waals surface area (Å²) in [5.74, 6) is -0.199. The second-order valence-electron chi connectivity index (χ2n) is 7.49. The topological polar surface area (TPSA) is 32.7 Å². The van der Waals surface area contributed by atoms with E-state index < -0.39 is 7.05 Å². The molecular formula is C27H25N2OP. The van der Waals surface area contributed by atoms with Crippen LogP contribution >= 0.6 is 7.05 Å². The highest BCUT2D eigenvalue weighted by molar-refractivity contribution is 7.87. The van der Waals surface area contributed by atoms with Crippen molar-refractivity contribution in [3.05, 3.63) is 121 Å². The second kappa shape index (κ2) is 9.16. The van der Waals surface area contributed by atoms with Crippen molar-refractivity contribution in [2.45, 2.75) is 0 Å². The lowest BCUT2D eigenvalue weighted by Gasteiger charge is -2.26. The van der Waals surface area contributed by atoms with Crippen LogP contribution in [0, 0.1) is 0 Å². The molecule has 3 nitrogen and oxygen atoms in total. The van der Waals surface area contributed by atoms with Crippen LogP contribution in [0.4, 0.5) is 5.69 Å². The van der Waals surface area contributed by atoms with Gasteiger partial charge in [-0.05, 0) is 24.3 Å². The summed E-state index contributed by atoms with van der Waals surface area (Å²) in [6, 6.07) is 38.2. The molecule has 0 bridgehead atoms. The third kappa shape index (κ3) is 4.23. The number of carbonyl (C=O) groups excluding carboxylic acids is 1. The molecule has 0 spiro atoms. The Kier molecular flexibility index (Phi) is 6.16. The highest BCUT2D eigenvalue weighted by Gasteiger charge is 2.28. The average Bonchev–Trinajstić information content (AvgIpc) is 2.84. The van der Waals surface area contributed by atoms with Gasteiger partial charge in [-0.1, -0.05) is 91.0 Å². The van der Waals surface area contributed by atoms with Gasteiger partial charge < -0.3 is 4.90 Å². The molecule has 0 radical (unpaired) electrons. The van der Waals surface area contributed by atoms with Crippen LogP contribution in [0.3, 0.4) is 0 Å². The fourth-order valence-electron chi connectivity index (χ4n) is 3.65. The van der Waals surface area contributed by atoms with E-state index in [0.29, 0.717) is 5.56 Å². The SMILES string of the molecule is CN(C)c1ccc(C(=O)N=P(c2ccccc2)(c2ccccc2)c2ccccc2)cc1. The van der Waals surface area contributed by atoms with Gasteiger partial charge in [-0.2, -0.15) is 0 Å². The summed E-state index contributed by atoms with van der Waals surface area (Å²) in [5.41, 5.74) is 1.64. The van der Waals surface area contributed by atoms with Crippen LogP contribution in [0.15, 0.2) is 120 Å². The number of hydrogen-bond donors (Lipinski definition) is 0. The molecule has 0 saturated heterocycles. The zero-order valence-electron chi connectivity index (χ0n) is 17.7. The lowest BCUT2D eigenvalue weighted by molar-refractivity contribution is 0.100. The lowest BCUT2D eigenvalue weighted by Crippen LogP contribution is -2.26. The molecule has 0 N–H and O–H groups in total. The first-order chi connectivity index (χ1) is 15.1. The quantitative estimate of drug-likeness (QED) is 0.419. The Morgan fingerprint density at radius 1 is 0.613 bits per heavy atom. The molecule has 1 amide bonds. The fraction of sp³-hybridized carbons (Fsp3) is 0.0741. The molecule has 0 heterocycles. The second-order valence-corrected chi connectivity index (χ2v) is 10.5. The van der Waals surface area contributed by atoms with Crippen LogP contribution in [-0.2, 0) is 0 Å². The van der Waals surface area contributed by atoms with E-state index >= 15 is 0 Å². The molecule has 0 fully saturated rings. The smallest absolute Gasteiger partial charge is 0.276 e. The highest BCUT2D eigenvalue weighted by Crippen LogP contribution is 2.46. The van der Waals surface area contributed by atoms with Crippen molar-refractivity contribution in [2.75, 3.05) is 19.0 Å². The Hall–Kier alpha value is -3.42. The van der Waals surface area contributed by atoms with Crippen LogP contribution in [0.25, 0.3) is 0 Å². The van der Waals surface area contributed by atoms with Crippen molar-refractivity contribution in [1.29, 1.82) is 0 Å². The van der Waals surface area contributed by atoms with Crippen molar-refractivity contribution in [2.24, 2.45) is 4.74 Å². The fourth-order valence-corrected chi connectivity index (χ4v) is 7.09. The third-order valence-electron chi connectivity index (χ3n) is 5.26. The lowest BCUT2D eigenvalue weighted by atomic mass is 10.2. The van der Waals surface area contributed by atoms with Crippen LogP contribution in [-0.4, -0.2) is 20.0 Å². The first kappa shape index (κ1) is 20.8. The molecule has 0 atom stereocenters. The summed E-state index contributed by atoms with van der Waals surface area (Å²) in [6.07, 6.45) is 0. The monoisotopic (exact) mass is 424 g/mol. The summed E-state index contributed by atoms with van der Waals surface area (Å²) >= 11 is 0. The van der Waals surface area contributed by atoms with Gasteiger partial charge in [-0.3, -0.25) is 4.79 Å². The summed E-state index contributed by atoms with van der Waals surface area (Å²) < 4.78 is 5.02. The molecule has 0 aliphatic carbocycles. The van der Waals surface area contributed by atoms with Gasteiger partial charge in [0.1, 0.15) is 0 Å². The Bertz CT molecular complexity index is 1100. The van der Waals surface area contributed by atoms with E-state index in [1.165, 1.54) is 0 Å². The molecule has 4 heteroatoms. The van der Waals surface area contributed by atoms with E-state index in [0.717, 1.165) is 21.6 Å². The van der Waals surface area contributed by atoms with Crippen molar-refractivity contribution < 1.29 is 4.79 Å². The van der Waals surface area contributed by atoms with Gasteiger partial charge in [0.25, 0.3) is 5.91 Å². The van der Waals surface area contributed by atoms with Crippen molar-refractivity contribution in [1.82, 2.24) is 0 Å². The van der Waals surface area contributed by atoms with E-state index in [-0.39, 0.29) is 5.91 Å². The van der Waals surface area contributed by atoms with Gasteiger partial charge in [-0.15, -0.1) is 0 Å². The van der Waals surface area contributed by atoms with Gasteiger partial charge >= 0.3 is 0 Å². The van der Waals surface area contributed by atoms with E-state index in [1.807, 2.05) is 97.9 Å². The van der Waals surface area contributed by atoms with Crippen molar-refractivity contribution in [3.63, 3.8) is 0 Å². The number of nitrogens with zero attached hydrogens (tertiary/aromatic N) is 2. The van der Waals surface area contributed by atoms with Gasteiger partial charge in [0, 0.05) is 41.3 Å².